The quantitative estimate of drug-likeness (QED) is 0.451. The second kappa shape index (κ2) is 7.26. The number of hydrogen-bond acceptors (Lipinski definition) is 3. The average molecular weight is 407 g/mol. The lowest BCUT2D eigenvalue weighted by Crippen LogP contribution is -2.29. The van der Waals surface area contributed by atoms with E-state index in [0.717, 1.165) is 47.4 Å². The Morgan fingerprint density at radius 1 is 1.23 bits per heavy atom. The van der Waals surface area contributed by atoms with E-state index in [0.29, 0.717) is 0 Å². The molecule has 0 fully saturated rings. The number of thiazole rings is 1. The van der Waals surface area contributed by atoms with Crippen LogP contribution in [0.1, 0.15) is 30.9 Å². The van der Waals surface area contributed by atoms with Crippen LogP contribution in [0, 0.1) is 0 Å². The van der Waals surface area contributed by atoms with E-state index in [1.54, 1.807) is 0 Å². The number of nitrogen functional groups attached to an aromatic ring is 1. The molecule has 4 rings (SSSR count). The van der Waals surface area contributed by atoms with E-state index in [-0.39, 0.29) is 0 Å². The van der Waals surface area contributed by atoms with Crippen molar-refractivity contribution < 1.29 is 4.57 Å². The van der Waals surface area contributed by atoms with Gasteiger partial charge in [0.15, 0.2) is 0 Å². The first kappa shape index (κ1) is 17.9. The predicted molar refractivity (Wildman–Crippen MR) is 113 cm³/mol. The van der Waals surface area contributed by atoms with Crippen LogP contribution in [0.15, 0.2) is 30.3 Å². The number of rotatable bonds is 5. The summed E-state index contributed by atoms with van der Waals surface area (Å²) >= 11 is 14.6. The van der Waals surface area contributed by atoms with Gasteiger partial charge in [0.1, 0.15) is 25.2 Å². The molecule has 0 atom stereocenters. The number of halogens is 2. The summed E-state index contributed by atoms with van der Waals surface area (Å²) in [6.45, 7) is 4.86. The average Bonchev–Trinajstić information content (AvgIpc) is 3.16. The minimum Gasteiger partial charge on any atom is -0.398 e. The van der Waals surface area contributed by atoms with Gasteiger partial charge in [-0.25, -0.2) is 9.47 Å². The van der Waals surface area contributed by atoms with Gasteiger partial charge in [-0.3, -0.25) is 0 Å². The summed E-state index contributed by atoms with van der Waals surface area (Å²) in [7, 11) is 0. The first-order chi connectivity index (χ1) is 12.6. The lowest BCUT2D eigenvalue weighted by atomic mass is 10.1. The summed E-state index contributed by atoms with van der Waals surface area (Å²) in [6.07, 6.45) is 3.40. The van der Waals surface area contributed by atoms with Gasteiger partial charge in [-0.15, -0.1) is 0 Å². The van der Waals surface area contributed by atoms with Crippen molar-refractivity contribution in [1.29, 1.82) is 0 Å². The number of nitrogens with zero attached hydrogens (tertiary/aromatic N) is 2. The highest BCUT2D eigenvalue weighted by atomic mass is 35.5. The Morgan fingerprint density at radius 2 is 2.00 bits per heavy atom. The maximum absolute atomic E-state index is 6.37. The molecule has 1 aliphatic heterocycles. The molecule has 6 heteroatoms. The fourth-order valence-electron chi connectivity index (χ4n) is 3.55. The zero-order chi connectivity index (χ0) is 18.3. The maximum Gasteiger partial charge on any atom is 0.337 e. The van der Waals surface area contributed by atoms with Crippen LogP contribution in [0.4, 0.5) is 10.8 Å². The van der Waals surface area contributed by atoms with Gasteiger partial charge in [0.25, 0.3) is 0 Å². The molecule has 0 aliphatic carbocycles. The van der Waals surface area contributed by atoms with Crippen molar-refractivity contribution in [1.82, 2.24) is 0 Å². The molecule has 0 saturated carbocycles. The van der Waals surface area contributed by atoms with Gasteiger partial charge in [-0.2, -0.15) is 0 Å². The lowest BCUT2D eigenvalue weighted by Gasteiger charge is -2.11. The van der Waals surface area contributed by atoms with Crippen LogP contribution in [-0.2, 0) is 19.5 Å². The van der Waals surface area contributed by atoms with Crippen molar-refractivity contribution in [2.24, 2.45) is 0 Å². The summed E-state index contributed by atoms with van der Waals surface area (Å²) in [5.74, 6) is 0. The Bertz CT molecular complexity index is 947. The van der Waals surface area contributed by atoms with Crippen molar-refractivity contribution in [3.8, 4) is 0 Å². The van der Waals surface area contributed by atoms with Gasteiger partial charge in [0, 0.05) is 27.4 Å². The zero-order valence-electron chi connectivity index (χ0n) is 14.8. The van der Waals surface area contributed by atoms with Crippen LogP contribution >= 0.6 is 34.5 Å². The molecule has 2 N–H and O–H groups in total. The number of fused-ring (bicyclic) bond motifs is 3. The molecule has 0 bridgehead atoms. The molecule has 0 saturated heterocycles. The standard InChI is InChI=1S/C20H22Cl2N3S/c1-2-3-5-13-10-19-18(11-17(13)23)25-9-8-24(20(25)26-19)12-14-15(21)6-4-7-16(14)22/h4,6-7,10-11H,2-3,5,8-9,12,23H2,1H3/q+1. The normalized spacial score (nSPS) is 13.6. The molecule has 1 aromatic heterocycles. The Balaban J connectivity index is 1.69. The smallest absolute Gasteiger partial charge is 0.337 e. The van der Waals surface area contributed by atoms with Crippen LogP contribution in [0.2, 0.25) is 10.0 Å². The largest absolute Gasteiger partial charge is 0.398 e. The molecule has 26 heavy (non-hydrogen) atoms. The topological polar surface area (TPSA) is 33.1 Å². The van der Waals surface area contributed by atoms with E-state index in [9.17, 15) is 0 Å². The van der Waals surface area contributed by atoms with Crippen LogP contribution in [0.3, 0.4) is 0 Å². The van der Waals surface area contributed by atoms with Gasteiger partial charge in [-0.05, 0) is 47.9 Å². The Kier molecular flexibility index (Phi) is 5.00. The Hall–Kier alpha value is -1.49. The number of aromatic nitrogens is 1. The van der Waals surface area contributed by atoms with E-state index in [1.165, 1.54) is 33.8 Å². The summed E-state index contributed by atoms with van der Waals surface area (Å²) in [4.78, 5) is 2.36. The Morgan fingerprint density at radius 3 is 2.73 bits per heavy atom. The van der Waals surface area contributed by atoms with Gasteiger partial charge < -0.3 is 5.73 Å². The van der Waals surface area contributed by atoms with Crippen molar-refractivity contribution in [2.45, 2.75) is 39.3 Å². The number of aryl methyl sites for hydroxylation is 1. The zero-order valence-corrected chi connectivity index (χ0v) is 17.1. The molecule has 0 unspecified atom stereocenters. The number of hydrogen-bond donors (Lipinski definition) is 1. The third-order valence-corrected chi connectivity index (χ3v) is 6.93. The van der Waals surface area contributed by atoms with E-state index in [4.69, 9.17) is 28.9 Å². The molecule has 0 radical (unpaired) electrons. The first-order valence-corrected chi connectivity index (χ1v) is 10.6. The van der Waals surface area contributed by atoms with Crippen molar-refractivity contribution in [2.75, 3.05) is 17.2 Å². The van der Waals surface area contributed by atoms with Crippen molar-refractivity contribution in [3.05, 3.63) is 51.5 Å². The molecule has 3 nitrogen and oxygen atoms in total. The van der Waals surface area contributed by atoms with Crippen molar-refractivity contribution >= 4 is 55.6 Å². The second-order valence-electron chi connectivity index (χ2n) is 6.78. The molecule has 3 aromatic rings. The molecule has 0 spiro atoms. The summed E-state index contributed by atoms with van der Waals surface area (Å²) in [5.41, 5.74) is 10.7. The van der Waals surface area contributed by atoms with Gasteiger partial charge in [0.2, 0.25) is 0 Å². The fourth-order valence-corrected chi connectivity index (χ4v) is 5.32. The van der Waals surface area contributed by atoms with Crippen molar-refractivity contribution in [3.63, 3.8) is 0 Å². The molecular weight excluding hydrogens is 385 g/mol. The SMILES string of the molecule is CCCCc1cc2sc3[n+](c2cc1N)CCN3Cc1c(Cl)cccc1Cl. The molecule has 136 valence electrons. The molecule has 2 aromatic carbocycles. The summed E-state index contributed by atoms with van der Waals surface area (Å²) in [5, 5.41) is 2.70. The number of unbranched alkanes of at least 4 members (excludes halogenated alkanes) is 1. The molecule has 0 amide bonds. The van der Waals surface area contributed by atoms with Gasteiger partial charge in [0.05, 0.1) is 4.70 Å². The Labute approximate surface area is 167 Å². The third kappa shape index (κ3) is 3.15. The minimum absolute atomic E-state index is 0.725. The van der Waals surface area contributed by atoms with Gasteiger partial charge in [-0.1, -0.05) is 42.6 Å². The highest BCUT2D eigenvalue weighted by Crippen LogP contribution is 2.35. The maximum atomic E-state index is 6.37. The van der Waals surface area contributed by atoms with Crippen LogP contribution in [0.25, 0.3) is 10.2 Å². The summed E-state index contributed by atoms with van der Waals surface area (Å²) in [6, 6.07) is 10.1. The van der Waals surface area contributed by atoms with E-state index in [1.807, 2.05) is 29.5 Å². The number of benzene rings is 2. The highest BCUT2D eigenvalue weighted by Gasteiger charge is 2.33. The van der Waals surface area contributed by atoms with Crippen LogP contribution in [-0.4, -0.2) is 6.54 Å². The molecule has 2 heterocycles. The van der Waals surface area contributed by atoms with E-state index >= 15 is 0 Å². The van der Waals surface area contributed by atoms with Crippen LogP contribution < -0.4 is 15.2 Å². The first-order valence-electron chi connectivity index (χ1n) is 9.01. The van der Waals surface area contributed by atoms with E-state index < -0.39 is 0 Å². The molecular formula is C20H22Cl2N3S+. The van der Waals surface area contributed by atoms with E-state index in [2.05, 4.69) is 28.5 Å². The van der Waals surface area contributed by atoms with Crippen LogP contribution in [0.5, 0.6) is 0 Å². The third-order valence-electron chi connectivity index (χ3n) is 5.02. The molecule has 1 aliphatic rings. The minimum atomic E-state index is 0.725. The number of nitrogens with two attached hydrogens (primary N) is 1. The second-order valence-corrected chi connectivity index (χ2v) is 8.60. The lowest BCUT2D eigenvalue weighted by molar-refractivity contribution is -0.641. The van der Waals surface area contributed by atoms with Gasteiger partial charge >= 0.3 is 5.13 Å². The monoisotopic (exact) mass is 406 g/mol. The predicted octanol–water partition coefficient (Wildman–Crippen LogP) is 5.44. The number of anilines is 2. The summed E-state index contributed by atoms with van der Waals surface area (Å²) < 4.78 is 3.67. The fraction of sp³-hybridized carbons (Fsp3) is 0.350. The highest BCUT2D eigenvalue weighted by molar-refractivity contribution is 7.21.